The van der Waals surface area contributed by atoms with Crippen molar-refractivity contribution in [3.05, 3.63) is 53.9 Å². The van der Waals surface area contributed by atoms with Crippen LogP contribution in [-0.2, 0) is 29.0 Å². The summed E-state index contributed by atoms with van der Waals surface area (Å²) in [6, 6.07) is 7.93. The molecule has 0 aliphatic carbocycles. The standard InChI is InChI=1S/C25H36N4O3/c1-6-12-27-13-11-22-20(17-27)21(18-28(14-15-31-4)25(30)16-19(2)3)26-29(22)23-9-7-8-10-24(23)32-5/h6-10,19H,1,11-18H2,2-5H3. The van der Waals surface area contributed by atoms with Crippen molar-refractivity contribution in [1.82, 2.24) is 19.6 Å². The van der Waals surface area contributed by atoms with E-state index in [2.05, 4.69) is 25.3 Å². The Kier molecular flexibility index (Phi) is 8.47. The molecule has 3 rings (SSSR count). The van der Waals surface area contributed by atoms with Crippen LogP contribution in [-0.4, -0.2) is 65.9 Å². The molecule has 2 aromatic rings. The summed E-state index contributed by atoms with van der Waals surface area (Å²) >= 11 is 0. The highest BCUT2D eigenvalue weighted by atomic mass is 16.5. The van der Waals surface area contributed by atoms with Crippen molar-refractivity contribution in [2.45, 2.75) is 39.8 Å². The monoisotopic (exact) mass is 440 g/mol. The lowest BCUT2D eigenvalue weighted by Crippen LogP contribution is -2.35. The van der Waals surface area contributed by atoms with Gasteiger partial charge in [0.1, 0.15) is 11.4 Å². The van der Waals surface area contributed by atoms with Gasteiger partial charge in [0.25, 0.3) is 0 Å². The van der Waals surface area contributed by atoms with Gasteiger partial charge in [-0.3, -0.25) is 9.69 Å². The van der Waals surface area contributed by atoms with Gasteiger partial charge in [-0.05, 0) is 18.1 Å². The summed E-state index contributed by atoms with van der Waals surface area (Å²) in [5.74, 6) is 1.22. The minimum atomic E-state index is 0.136. The number of benzene rings is 1. The van der Waals surface area contributed by atoms with Gasteiger partial charge in [-0.25, -0.2) is 4.68 Å². The summed E-state index contributed by atoms with van der Waals surface area (Å²) in [6.45, 7) is 12.1. The largest absolute Gasteiger partial charge is 0.494 e. The van der Waals surface area contributed by atoms with Crippen LogP contribution < -0.4 is 4.74 Å². The third-order valence-electron chi connectivity index (χ3n) is 5.76. The molecule has 1 aromatic carbocycles. The van der Waals surface area contributed by atoms with Crippen LogP contribution in [0.2, 0.25) is 0 Å². The molecule has 1 aromatic heterocycles. The molecule has 0 bridgehead atoms. The van der Waals surface area contributed by atoms with Crippen LogP contribution in [0.3, 0.4) is 0 Å². The van der Waals surface area contributed by atoms with Crippen molar-refractivity contribution in [1.29, 1.82) is 0 Å². The van der Waals surface area contributed by atoms with E-state index in [-0.39, 0.29) is 5.91 Å². The second-order valence-corrected chi connectivity index (χ2v) is 8.64. The zero-order valence-electron chi connectivity index (χ0n) is 19.8. The van der Waals surface area contributed by atoms with Crippen LogP contribution in [0.15, 0.2) is 36.9 Å². The first-order valence-electron chi connectivity index (χ1n) is 11.3. The molecule has 0 saturated heterocycles. The van der Waals surface area contributed by atoms with E-state index in [1.807, 2.05) is 39.9 Å². The summed E-state index contributed by atoms with van der Waals surface area (Å²) in [5, 5.41) is 5.02. The fourth-order valence-corrected chi connectivity index (χ4v) is 4.16. The number of aromatic nitrogens is 2. The molecule has 174 valence electrons. The Morgan fingerprint density at radius 2 is 2.09 bits per heavy atom. The van der Waals surface area contributed by atoms with E-state index in [1.165, 1.54) is 11.3 Å². The number of ether oxygens (including phenoxy) is 2. The predicted octanol–water partition coefficient (Wildman–Crippen LogP) is 3.45. The fraction of sp³-hybridized carbons (Fsp3) is 0.520. The Balaban J connectivity index is 2.01. The van der Waals surface area contributed by atoms with Gasteiger partial charge in [-0.2, -0.15) is 5.10 Å². The maximum atomic E-state index is 13.0. The number of fused-ring (bicyclic) bond motifs is 1. The third-order valence-corrected chi connectivity index (χ3v) is 5.76. The molecular weight excluding hydrogens is 404 g/mol. The molecule has 7 heteroatoms. The first-order valence-corrected chi connectivity index (χ1v) is 11.3. The molecule has 0 saturated carbocycles. The molecule has 0 N–H and O–H groups in total. The van der Waals surface area contributed by atoms with Crippen molar-refractivity contribution in [2.24, 2.45) is 5.92 Å². The Labute approximate surface area is 191 Å². The Bertz CT molecular complexity index is 922. The van der Waals surface area contributed by atoms with E-state index < -0.39 is 0 Å². The number of methoxy groups -OCH3 is 2. The zero-order valence-corrected chi connectivity index (χ0v) is 19.8. The van der Waals surface area contributed by atoms with Gasteiger partial charge in [0, 0.05) is 51.7 Å². The Morgan fingerprint density at radius 1 is 1.31 bits per heavy atom. The predicted molar refractivity (Wildman–Crippen MR) is 126 cm³/mol. The van der Waals surface area contributed by atoms with E-state index in [1.54, 1.807) is 14.2 Å². The Hall–Kier alpha value is -2.64. The Morgan fingerprint density at radius 3 is 2.78 bits per heavy atom. The highest BCUT2D eigenvalue weighted by Gasteiger charge is 2.28. The molecule has 0 fully saturated rings. The van der Waals surface area contributed by atoms with Crippen LogP contribution in [0.25, 0.3) is 5.69 Å². The number of para-hydroxylation sites is 2. The van der Waals surface area contributed by atoms with E-state index >= 15 is 0 Å². The normalized spacial score (nSPS) is 13.8. The topological polar surface area (TPSA) is 59.8 Å². The van der Waals surface area contributed by atoms with E-state index in [0.29, 0.717) is 32.0 Å². The number of carbonyl (C=O) groups excluding carboxylic acids is 1. The first kappa shape index (κ1) is 24.0. The van der Waals surface area contributed by atoms with Gasteiger partial charge in [0.05, 0.1) is 31.6 Å². The fourth-order valence-electron chi connectivity index (χ4n) is 4.16. The number of amides is 1. The summed E-state index contributed by atoms with van der Waals surface area (Å²) in [4.78, 5) is 17.2. The molecule has 1 aliphatic rings. The smallest absolute Gasteiger partial charge is 0.223 e. The minimum absolute atomic E-state index is 0.136. The van der Waals surface area contributed by atoms with Crippen LogP contribution >= 0.6 is 0 Å². The van der Waals surface area contributed by atoms with Crippen molar-refractivity contribution in [3.63, 3.8) is 0 Å². The van der Waals surface area contributed by atoms with Crippen molar-refractivity contribution >= 4 is 5.91 Å². The highest BCUT2D eigenvalue weighted by Crippen LogP contribution is 2.30. The third kappa shape index (κ3) is 5.58. The molecule has 32 heavy (non-hydrogen) atoms. The second-order valence-electron chi connectivity index (χ2n) is 8.64. The van der Waals surface area contributed by atoms with E-state index in [0.717, 1.165) is 43.2 Å². The summed E-state index contributed by atoms with van der Waals surface area (Å²) in [5.41, 5.74) is 4.25. The van der Waals surface area contributed by atoms with Crippen LogP contribution in [0, 0.1) is 5.92 Å². The highest BCUT2D eigenvalue weighted by molar-refractivity contribution is 5.76. The SMILES string of the molecule is C=CCN1CCc2c(c(CN(CCOC)C(=O)CC(C)C)nn2-c2ccccc2OC)C1. The molecule has 0 unspecified atom stereocenters. The lowest BCUT2D eigenvalue weighted by Gasteiger charge is -2.28. The number of nitrogens with zero attached hydrogens (tertiary/aromatic N) is 4. The average Bonchev–Trinajstić information content (AvgIpc) is 3.13. The quantitative estimate of drug-likeness (QED) is 0.501. The van der Waals surface area contributed by atoms with Crippen molar-refractivity contribution in [3.8, 4) is 11.4 Å². The number of hydrogen-bond acceptors (Lipinski definition) is 5. The molecule has 7 nitrogen and oxygen atoms in total. The zero-order chi connectivity index (χ0) is 23.1. The molecule has 0 radical (unpaired) electrons. The van der Waals surface area contributed by atoms with Gasteiger partial charge in [0.2, 0.25) is 5.91 Å². The van der Waals surface area contributed by atoms with E-state index in [4.69, 9.17) is 14.6 Å². The van der Waals surface area contributed by atoms with Gasteiger partial charge in [0.15, 0.2) is 0 Å². The second kappa shape index (κ2) is 11.3. The van der Waals surface area contributed by atoms with E-state index in [9.17, 15) is 4.79 Å². The number of hydrogen-bond donors (Lipinski definition) is 0. The number of carbonyl (C=O) groups is 1. The molecular formula is C25H36N4O3. The molecule has 2 heterocycles. The van der Waals surface area contributed by atoms with Gasteiger partial charge >= 0.3 is 0 Å². The van der Waals surface area contributed by atoms with Crippen LogP contribution in [0.4, 0.5) is 0 Å². The summed E-state index contributed by atoms with van der Waals surface area (Å²) in [6.07, 6.45) is 3.33. The summed E-state index contributed by atoms with van der Waals surface area (Å²) < 4.78 is 12.9. The first-order chi connectivity index (χ1) is 15.5. The minimum Gasteiger partial charge on any atom is -0.494 e. The molecule has 1 amide bonds. The molecule has 0 atom stereocenters. The lowest BCUT2D eigenvalue weighted by atomic mass is 10.0. The van der Waals surface area contributed by atoms with Crippen molar-refractivity contribution in [2.75, 3.05) is 40.5 Å². The van der Waals surface area contributed by atoms with Gasteiger partial charge in [-0.1, -0.05) is 32.1 Å². The maximum absolute atomic E-state index is 13.0. The average molecular weight is 441 g/mol. The summed E-state index contributed by atoms with van der Waals surface area (Å²) in [7, 11) is 3.34. The molecule has 0 spiro atoms. The van der Waals surface area contributed by atoms with Gasteiger partial charge in [-0.15, -0.1) is 6.58 Å². The van der Waals surface area contributed by atoms with Crippen LogP contribution in [0.1, 0.15) is 37.2 Å². The lowest BCUT2D eigenvalue weighted by molar-refractivity contribution is -0.133. The van der Waals surface area contributed by atoms with Gasteiger partial charge < -0.3 is 14.4 Å². The number of rotatable bonds is 11. The maximum Gasteiger partial charge on any atom is 0.223 e. The van der Waals surface area contributed by atoms with Crippen molar-refractivity contribution < 1.29 is 14.3 Å². The molecule has 1 aliphatic heterocycles. The van der Waals surface area contributed by atoms with Crippen LogP contribution in [0.5, 0.6) is 5.75 Å².